The fourth-order valence-electron chi connectivity index (χ4n) is 1.57. The van der Waals surface area contributed by atoms with E-state index in [-0.39, 0.29) is 0 Å². The molecule has 0 bridgehead atoms. The van der Waals surface area contributed by atoms with Crippen molar-refractivity contribution >= 4 is 11.3 Å². The zero-order valence-electron chi connectivity index (χ0n) is 10.8. The Balaban J connectivity index is 1.63. The summed E-state index contributed by atoms with van der Waals surface area (Å²) in [5.41, 5.74) is 1.01. The Kier molecular flexibility index (Phi) is 4.73. The van der Waals surface area contributed by atoms with E-state index < -0.39 is 0 Å². The number of ether oxygens (including phenoxy) is 1. The molecular weight excluding hydrogens is 244 g/mol. The lowest BCUT2D eigenvalue weighted by Gasteiger charge is -2.06. The van der Waals surface area contributed by atoms with Crippen LogP contribution in [0, 0.1) is 13.8 Å². The Morgan fingerprint density at radius 2 is 2.11 bits per heavy atom. The van der Waals surface area contributed by atoms with Gasteiger partial charge in [0.15, 0.2) is 0 Å². The van der Waals surface area contributed by atoms with E-state index in [0.29, 0.717) is 6.61 Å². The molecular formula is C14H18N2OS. The summed E-state index contributed by atoms with van der Waals surface area (Å²) in [6.45, 7) is 6.50. The van der Waals surface area contributed by atoms with Gasteiger partial charge < -0.3 is 10.1 Å². The Hall–Kier alpha value is -1.39. The fourth-order valence-corrected chi connectivity index (χ4v) is 2.43. The summed E-state index contributed by atoms with van der Waals surface area (Å²) in [6, 6.07) is 8.22. The van der Waals surface area contributed by atoms with Gasteiger partial charge in [-0.2, -0.15) is 0 Å². The number of aryl methyl sites for hydroxylation is 2. The summed E-state index contributed by atoms with van der Waals surface area (Å²) < 4.78 is 5.58. The molecule has 2 rings (SSSR count). The molecule has 0 aliphatic rings. The van der Waals surface area contributed by atoms with Gasteiger partial charge in [0.2, 0.25) is 0 Å². The predicted molar refractivity (Wildman–Crippen MR) is 75.2 cm³/mol. The van der Waals surface area contributed by atoms with E-state index in [4.69, 9.17) is 4.74 Å². The van der Waals surface area contributed by atoms with Crippen LogP contribution in [0.5, 0.6) is 5.75 Å². The van der Waals surface area contributed by atoms with Crippen molar-refractivity contribution in [1.29, 1.82) is 0 Å². The van der Waals surface area contributed by atoms with Crippen LogP contribution in [0.3, 0.4) is 0 Å². The molecule has 0 spiro atoms. The van der Waals surface area contributed by atoms with Crippen molar-refractivity contribution in [2.24, 2.45) is 0 Å². The van der Waals surface area contributed by atoms with Gasteiger partial charge in [0.1, 0.15) is 12.4 Å². The molecule has 96 valence electrons. The van der Waals surface area contributed by atoms with Crippen LogP contribution in [-0.4, -0.2) is 18.1 Å². The smallest absolute Gasteiger partial charge is 0.137 e. The third kappa shape index (κ3) is 4.13. The topological polar surface area (TPSA) is 34.1 Å². The summed E-state index contributed by atoms with van der Waals surface area (Å²) in [5.74, 6) is 0.828. The molecule has 0 unspecified atom stereocenters. The molecule has 2 aromatic heterocycles. The molecule has 0 aromatic carbocycles. The number of nitrogens with zero attached hydrogens (tertiary/aromatic N) is 1. The van der Waals surface area contributed by atoms with Crippen LogP contribution < -0.4 is 10.1 Å². The zero-order valence-corrected chi connectivity index (χ0v) is 11.6. The first-order valence-electron chi connectivity index (χ1n) is 6.05. The number of hydrogen-bond acceptors (Lipinski definition) is 4. The van der Waals surface area contributed by atoms with Gasteiger partial charge in [-0.15, -0.1) is 11.3 Å². The maximum Gasteiger partial charge on any atom is 0.137 e. The summed E-state index contributed by atoms with van der Waals surface area (Å²) in [5, 5.41) is 3.36. The highest BCUT2D eigenvalue weighted by molar-refractivity contribution is 7.11. The quantitative estimate of drug-likeness (QED) is 0.813. The van der Waals surface area contributed by atoms with Crippen molar-refractivity contribution in [2.45, 2.75) is 20.4 Å². The Bertz CT molecular complexity index is 479. The second-order valence-corrected chi connectivity index (χ2v) is 5.55. The monoisotopic (exact) mass is 262 g/mol. The lowest BCUT2D eigenvalue weighted by Crippen LogP contribution is -2.20. The largest absolute Gasteiger partial charge is 0.491 e. The average Bonchev–Trinajstić information content (AvgIpc) is 2.77. The number of hydrogen-bond donors (Lipinski definition) is 1. The van der Waals surface area contributed by atoms with Gasteiger partial charge >= 0.3 is 0 Å². The van der Waals surface area contributed by atoms with Gasteiger partial charge in [-0.05, 0) is 38.1 Å². The number of thiophene rings is 1. The van der Waals surface area contributed by atoms with Crippen LogP contribution >= 0.6 is 11.3 Å². The van der Waals surface area contributed by atoms with E-state index in [9.17, 15) is 0 Å². The minimum Gasteiger partial charge on any atom is -0.491 e. The molecule has 0 saturated carbocycles. The lowest BCUT2D eigenvalue weighted by molar-refractivity contribution is 0.312. The van der Waals surface area contributed by atoms with E-state index in [1.807, 2.05) is 30.4 Å². The summed E-state index contributed by atoms with van der Waals surface area (Å²) in [4.78, 5) is 6.91. The normalized spacial score (nSPS) is 10.6. The van der Waals surface area contributed by atoms with Gasteiger partial charge in [-0.25, -0.2) is 0 Å². The summed E-state index contributed by atoms with van der Waals surface area (Å²) in [6.07, 6.45) is 1.76. The molecule has 0 fully saturated rings. The highest BCUT2D eigenvalue weighted by atomic mass is 32.1. The highest BCUT2D eigenvalue weighted by Gasteiger charge is 1.97. The van der Waals surface area contributed by atoms with Crippen LogP contribution in [0.25, 0.3) is 0 Å². The maximum absolute atomic E-state index is 5.58. The SMILES string of the molecule is Cc1ccc(OCCNCc2ccc(C)s2)cn1. The molecule has 0 amide bonds. The second kappa shape index (κ2) is 6.52. The summed E-state index contributed by atoms with van der Waals surface area (Å²) in [7, 11) is 0. The van der Waals surface area contributed by atoms with Crippen LogP contribution in [0.15, 0.2) is 30.5 Å². The highest BCUT2D eigenvalue weighted by Crippen LogP contribution is 2.14. The fraction of sp³-hybridized carbons (Fsp3) is 0.357. The maximum atomic E-state index is 5.58. The van der Waals surface area contributed by atoms with Crippen molar-refractivity contribution < 1.29 is 4.74 Å². The third-order valence-electron chi connectivity index (χ3n) is 2.53. The van der Waals surface area contributed by atoms with Crippen LogP contribution in [0.4, 0.5) is 0 Å². The molecule has 0 atom stereocenters. The molecule has 0 aliphatic heterocycles. The van der Waals surface area contributed by atoms with Gasteiger partial charge in [0.25, 0.3) is 0 Å². The molecule has 3 nitrogen and oxygen atoms in total. The summed E-state index contributed by atoms with van der Waals surface area (Å²) >= 11 is 1.83. The molecule has 1 N–H and O–H groups in total. The number of aromatic nitrogens is 1. The minimum atomic E-state index is 0.662. The van der Waals surface area contributed by atoms with Crippen molar-refractivity contribution in [1.82, 2.24) is 10.3 Å². The van der Waals surface area contributed by atoms with Gasteiger partial charge in [-0.1, -0.05) is 0 Å². The van der Waals surface area contributed by atoms with Crippen molar-refractivity contribution in [2.75, 3.05) is 13.2 Å². The Labute approximate surface area is 112 Å². The van der Waals surface area contributed by atoms with Gasteiger partial charge in [0.05, 0.1) is 6.20 Å². The molecule has 2 heterocycles. The lowest BCUT2D eigenvalue weighted by atomic mass is 10.4. The average molecular weight is 262 g/mol. The number of nitrogens with one attached hydrogen (secondary N) is 1. The predicted octanol–water partition coefficient (Wildman–Crippen LogP) is 2.93. The van der Waals surface area contributed by atoms with Crippen LogP contribution in [-0.2, 0) is 6.54 Å². The van der Waals surface area contributed by atoms with E-state index in [1.54, 1.807) is 6.20 Å². The van der Waals surface area contributed by atoms with E-state index in [2.05, 4.69) is 29.4 Å². The second-order valence-electron chi connectivity index (χ2n) is 4.17. The molecule has 0 aliphatic carbocycles. The number of rotatable bonds is 6. The molecule has 2 aromatic rings. The molecule has 0 radical (unpaired) electrons. The standard InChI is InChI=1S/C14H18N2OS/c1-11-3-5-13(9-16-11)17-8-7-15-10-14-6-4-12(2)18-14/h3-6,9,15H,7-8,10H2,1-2H3. The molecule has 0 saturated heterocycles. The Morgan fingerprint density at radius 1 is 1.22 bits per heavy atom. The molecule has 4 heteroatoms. The number of pyridine rings is 1. The van der Waals surface area contributed by atoms with Gasteiger partial charge in [-0.3, -0.25) is 4.98 Å². The first kappa shape index (κ1) is 13.1. The van der Waals surface area contributed by atoms with Crippen molar-refractivity contribution in [3.63, 3.8) is 0 Å². The third-order valence-corrected chi connectivity index (χ3v) is 3.53. The van der Waals surface area contributed by atoms with Crippen LogP contribution in [0.2, 0.25) is 0 Å². The van der Waals surface area contributed by atoms with Crippen molar-refractivity contribution in [3.05, 3.63) is 45.9 Å². The minimum absolute atomic E-state index is 0.662. The molecule has 18 heavy (non-hydrogen) atoms. The first-order valence-corrected chi connectivity index (χ1v) is 6.87. The van der Waals surface area contributed by atoms with E-state index in [1.165, 1.54) is 9.75 Å². The first-order chi connectivity index (χ1) is 8.74. The Morgan fingerprint density at radius 3 is 2.78 bits per heavy atom. The van der Waals surface area contributed by atoms with E-state index in [0.717, 1.165) is 24.5 Å². The van der Waals surface area contributed by atoms with E-state index >= 15 is 0 Å². The van der Waals surface area contributed by atoms with Crippen molar-refractivity contribution in [3.8, 4) is 5.75 Å². The van der Waals surface area contributed by atoms with Gasteiger partial charge in [0, 0.05) is 28.5 Å². The van der Waals surface area contributed by atoms with Crippen LogP contribution in [0.1, 0.15) is 15.4 Å². The zero-order chi connectivity index (χ0) is 12.8.